The van der Waals surface area contributed by atoms with Crippen LogP contribution in [-0.4, -0.2) is 0 Å². The largest absolute Gasteiger partial charge is 0.135 e. The maximum Gasteiger partial charge on any atom is 0.0768 e. The van der Waals surface area contributed by atoms with E-state index in [4.69, 9.17) is 0 Å². The van der Waals surface area contributed by atoms with Crippen LogP contribution in [0.4, 0.5) is 0 Å². The Bertz CT molecular complexity index is 198. The Morgan fingerprint density at radius 1 is 1.62 bits per heavy atom. The van der Waals surface area contributed by atoms with Gasteiger partial charge in [-0.1, -0.05) is 17.9 Å². The normalized spacial score (nSPS) is 7.62. The number of rotatable bonds is 0. The van der Waals surface area contributed by atoms with Crippen LogP contribution >= 0.6 is 11.3 Å². The lowest BCUT2D eigenvalue weighted by Gasteiger charge is -1.69. The van der Waals surface area contributed by atoms with E-state index < -0.39 is 0 Å². The van der Waals surface area contributed by atoms with Crippen LogP contribution in [0.15, 0.2) is 17.5 Å². The SMILES string of the molecule is [CH2]C#Cc1cccs1. The van der Waals surface area contributed by atoms with Crippen molar-refractivity contribution in [2.45, 2.75) is 0 Å². The van der Waals surface area contributed by atoms with Gasteiger partial charge < -0.3 is 0 Å². The van der Waals surface area contributed by atoms with Gasteiger partial charge in [-0.2, -0.15) is 0 Å². The zero-order valence-electron chi connectivity index (χ0n) is 4.35. The molecule has 0 aliphatic heterocycles. The number of thiophene rings is 1. The summed E-state index contributed by atoms with van der Waals surface area (Å²) in [6, 6.07) is 3.95. The van der Waals surface area contributed by atoms with E-state index in [0.717, 1.165) is 4.88 Å². The van der Waals surface area contributed by atoms with Gasteiger partial charge in [-0.15, -0.1) is 11.3 Å². The van der Waals surface area contributed by atoms with E-state index in [0.29, 0.717) is 0 Å². The van der Waals surface area contributed by atoms with E-state index in [2.05, 4.69) is 18.8 Å². The summed E-state index contributed by atoms with van der Waals surface area (Å²) in [7, 11) is 0. The van der Waals surface area contributed by atoms with Gasteiger partial charge in [0.25, 0.3) is 0 Å². The monoisotopic (exact) mass is 121 g/mol. The maximum atomic E-state index is 3.41. The van der Waals surface area contributed by atoms with Crippen LogP contribution in [0.2, 0.25) is 0 Å². The topological polar surface area (TPSA) is 0 Å². The zero-order chi connectivity index (χ0) is 5.82. The predicted octanol–water partition coefficient (Wildman–Crippen LogP) is 1.93. The second kappa shape index (κ2) is 2.54. The summed E-state index contributed by atoms with van der Waals surface area (Å²) in [5.41, 5.74) is 0. The molecule has 0 nitrogen and oxygen atoms in total. The molecule has 1 heteroatoms. The van der Waals surface area contributed by atoms with Crippen molar-refractivity contribution in [2.75, 3.05) is 0 Å². The average Bonchev–Trinajstić information content (AvgIpc) is 2.19. The van der Waals surface area contributed by atoms with Crippen LogP contribution in [0.1, 0.15) is 4.88 Å². The van der Waals surface area contributed by atoms with Crippen LogP contribution in [0.25, 0.3) is 0 Å². The molecular formula is C7H5S. The van der Waals surface area contributed by atoms with Crippen molar-refractivity contribution in [3.05, 3.63) is 29.3 Å². The molecule has 1 aromatic heterocycles. The standard InChI is InChI=1S/C7H5S/c1-2-4-7-5-3-6-8-7/h3,5-6H,1H2. The molecule has 1 heterocycles. The van der Waals surface area contributed by atoms with Crippen LogP contribution in [0.3, 0.4) is 0 Å². The van der Waals surface area contributed by atoms with Crippen LogP contribution in [-0.2, 0) is 0 Å². The van der Waals surface area contributed by atoms with Crippen LogP contribution in [0.5, 0.6) is 0 Å². The molecule has 0 aliphatic rings. The molecule has 1 radical (unpaired) electrons. The summed E-state index contributed by atoms with van der Waals surface area (Å²) in [4.78, 5) is 1.08. The highest BCUT2D eigenvalue weighted by atomic mass is 32.1. The summed E-state index contributed by atoms with van der Waals surface area (Å²) in [5.74, 6) is 5.43. The van der Waals surface area contributed by atoms with Gasteiger partial charge >= 0.3 is 0 Å². The first-order valence-corrected chi connectivity index (χ1v) is 3.13. The van der Waals surface area contributed by atoms with Gasteiger partial charge in [0.05, 0.1) is 4.88 Å². The Hall–Kier alpha value is -0.740. The third-order valence-electron chi connectivity index (χ3n) is 0.733. The van der Waals surface area contributed by atoms with E-state index in [1.807, 2.05) is 17.5 Å². The van der Waals surface area contributed by atoms with Gasteiger partial charge in [-0.25, -0.2) is 0 Å². The summed E-state index contributed by atoms with van der Waals surface area (Å²) >= 11 is 1.63. The quantitative estimate of drug-likeness (QED) is 0.460. The minimum absolute atomic E-state index is 1.08. The Kier molecular flexibility index (Phi) is 1.71. The number of hydrogen-bond donors (Lipinski definition) is 0. The Morgan fingerprint density at radius 3 is 3.00 bits per heavy atom. The van der Waals surface area contributed by atoms with Gasteiger partial charge in [0.15, 0.2) is 0 Å². The summed E-state index contributed by atoms with van der Waals surface area (Å²) in [6.45, 7) is 3.41. The zero-order valence-corrected chi connectivity index (χ0v) is 5.16. The Morgan fingerprint density at radius 2 is 2.50 bits per heavy atom. The average molecular weight is 121 g/mol. The predicted molar refractivity (Wildman–Crippen MR) is 36.6 cm³/mol. The van der Waals surface area contributed by atoms with E-state index in [1.54, 1.807) is 11.3 Å². The van der Waals surface area contributed by atoms with Crippen molar-refractivity contribution in [2.24, 2.45) is 0 Å². The van der Waals surface area contributed by atoms with Crippen molar-refractivity contribution in [1.29, 1.82) is 0 Å². The van der Waals surface area contributed by atoms with Gasteiger partial charge in [0.1, 0.15) is 0 Å². The van der Waals surface area contributed by atoms with Gasteiger partial charge in [0, 0.05) is 6.92 Å². The third kappa shape index (κ3) is 1.11. The van der Waals surface area contributed by atoms with Crippen LogP contribution in [0, 0.1) is 18.8 Å². The maximum absolute atomic E-state index is 3.41. The molecule has 0 spiro atoms. The molecule has 0 amide bonds. The first-order chi connectivity index (χ1) is 3.93. The van der Waals surface area contributed by atoms with E-state index in [-0.39, 0.29) is 0 Å². The molecule has 8 heavy (non-hydrogen) atoms. The van der Waals surface area contributed by atoms with Crippen molar-refractivity contribution in [3.8, 4) is 11.8 Å². The summed E-state index contributed by atoms with van der Waals surface area (Å²) in [5, 5.41) is 2.00. The summed E-state index contributed by atoms with van der Waals surface area (Å²) in [6.07, 6.45) is 0. The first-order valence-electron chi connectivity index (χ1n) is 2.25. The Labute approximate surface area is 53.2 Å². The van der Waals surface area contributed by atoms with Crippen LogP contribution < -0.4 is 0 Å². The second-order valence-corrected chi connectivity index (χ2v) is 2.23. The summed E-state index contributed by atoms with van der Waals surface area (Å²) < 4.78 is 0. The molecule has 0 bridgehead atoms. The fraction of sp³-hybridized carbons (Fsp3) is 0. The highest BCUT2D eigenvalue weighted by Gasteiger charge is 1.80. The van der Waals surface area contributed by atoms with Crippen molar-refractivity contribution < 1.29 is 0 Å². The van der Waals surface area contributed by atoms with Crippen molar-refractivity contribution in [3.63, 3.8) is 0 Å². The molecule has 0 saturated heterocycles. The molecule has 0 N–H and O–H groups in total. The minimum atomic E-state index is 1.08. The molecule has 0 unspecified atom stereocenters. The second-order valence-electron chi connectivity index (χ2n) is 1.28. The molecule has 39 valence electrons. The van der Waals surface area contributed by atoms with Gasteiger partial charge in [0.2, 0.25) is 0 Å². The number of hydrogen-bond acceptors (Lipinski definition) is 1. The van der Waals surface area contributed by atoms with Crippen molar-refractivity contribution in [1.82, 2.24) is 0 Å². The molecule has 0 saturated carbocycles. The fourth-order valence-electron chi connectivity index (χ4n) is 0.437. The third-order valence-corrected chi connectivity index (χ3v) is 1.52. The molecule has 0 aromatic carbocycles. The lowest BCUT2D eigenvalue weighted by atomic mass is 10.5. The first kappa shape index (κ1) is 5.40. The van der Waals surface area contributed by atoms with E-state index >= 15 is 0 Å². The van der Waals surface area contributed by atoms with Crippen molar-refractivity contribution >= 4 is 11.3 Å². The lowest BCUT2D eigenvalue weighted by Crippen LogP contribution is -1.54. The van der Waals surface area contributed by atoms with E-state index in [1.165, 1.54) is 0 Å². The highest BCUT2D eigenvalue weighted by molar-refractivity contribution is 7.10. The van der Waals surface area contributed by atoms with Gasteiger partial charge in [-0.05, 0) is 11.4 Å². The molecular weight excluding hydrogens is 116 g/mol. The van der Waals surface area contributed by atoms with Gasteiger partial charge in [-0.3, -0.25) is 0 Å². The molecule has 0 fully saturated rings. The Balaban J connectivity index is 2.88. The van der Waals surface area contributed by atoms with E-state index in [9.17, 15) is 0 Å². The lowest BCUT2D eigenvalue weighted by molar-refractivity contribution is 1.94. The highest BCUT2D eigenvalue weighted by Crippen LogP contribution is 2.04. The smallest absolute Gasteiger partial charge is 0.0768 e. The minimum Gasteiger partial charge on any atom is -0.135 e. The molecule has 1 rings (SSSR count). The molecule has 0 aliphatic carbocycles. The molecule has 0 atom stereocenters. The molecule has 1 aromatic rings. The fourth-order valence-corrected chi connectivity index (χ4v) is 1.03.